The molecule has 98 valence electrons. The maximum absolute atomic E-state index is 5.52. The normalized spacial score (nSPS) is 12.9. The summed E-state index contributed by atoms with van der Waals surface area (Å²) in [5.74, 6) is 1.10. The van der Waals surface area contributed by atoms with Gasteiger partial charge in [-0.1, -0.05) is 0 Å². The number of hydrogen-bond acceptors (Lipinski definition) is 4. The third-order valence-corrected chi connectivity index (χ3v) is 2.83. The zero-order valence-corrected chi connectivity index (χ0v) is 10.9. The highest BCUT2D eigenvalue weighted by molar-refractivity contribution is 4.91. The molecule has 1 aromatic rings. The monoisotopic (exact) mass is 240 g/mol. The van der Waals surface area contributed by atoms with E-state index in [9.17, 15) is 0 Å². The number of hydrogen-bond donors (Lipinski definition) is 2. The third-order valence-electron chi connectivity index (χ3n) is 2.83. The molecule has 1 aromatic heterocycles. The van der Waals surface area contributed by atoms with E-state index in [4.69, 9.17) is 10.5 Å². The Kier molecular flexibility index (Phi) is 6.84. The molecule has 17 heavy (non-hydrogen) atoms. The molecule has 1 heterocycles. The van der Waals surface area contributed by atoms with Gasteiger partial charge in [-0.05, 0) is 19.4 Å². The Morgan fingerprint density at radius 2 is 2.41 bits per heavy atom. The van der Waals surface area contributed by atoms with Crippen molar-refractivity contribution in [2.45, 2.75) is 25.3 Å². The van der Waals surface area contributed by atoms with Crippen LogP contribution in [0.25, 0.3) is 0 Å². The van der Waals surface area contributed by atoms with Gasteiger partial charge in [0.25, 0.3) is 0 Å². The maximum Gasteiger partial charge on any atom is 0.109 e. The molecule has 0 amide bonds. The molecule has 0 bridgehead atoms. The first-order valence-electron chi connectivity index (χ1n) is 6.16. The van der Waals surface area contributed by atoms with Gasteiger partial charge in [-0.25, -0.2) is 4.98 Å². The number of rotatable bonds is 9. The number of aromatic nitrogens is 2. The highest BCUT2D eigenvalue weighted by Crippen LogP contribution is 1.99. The van der Waals surface area contributed by atoms with Crippen molar-refractivity contribution in [2.24, 2.45) is 12.8 Å². The smallest absolute Gasteiger partial charge is 0.109 e. The minimum absolute atomic E-state index is 0.392. The molecule has 1 atom stereocenters. The fourth-order valence-corrected chi connectivity index (χ4v) is 1.84. The van der Waals surface area contributed by atoms with Crippen LogP contribution in [0.3, 0.4) is 0 Å². The molecule has 0 aromatic carbocycles. The number of imidazole rings is 1. The Bertz CT molecular complexity index is 300. The van der Waals surface area contributed by atoms with E-state index >= 15 is 0 Å². The highest BCUT2D eigenvalue weighted by Gasteiger charge is 2.07. The van der Waals surface area contributed by atoms with E-state index in [2.05, 4.69) is 10.3 Å². The molecule has 0 saturated carbocycles. The van der Waals surface area contributed by atoms with Gasteiger partial charge in [-0.2, -0.15) is 0 Å². The minimum Gasteiger partial charge on any atom is -0.383 e. The van der Waals surface area contributed by atoms with Gasteiger partial charge in [-0.15, -0.1) is 0 Å². The van der Waals surface area contributed by atoms with Crippen LogP contribution in [0, 0.1) is 0 Å². The molecule has 0 aliphatic carbocycles. The van der Waals surface area contributed by atoms with Crippen LogP contribution in [0.2, 0.25) is 0 Å². The number of nitrogens with zero attached hydrogens (tertiary/aromatic N) is 2. The number of aryl methyl sites for hydroxylation is 1. The van der Waals surface area contributed by atoms with E-state index in [1.807, 2.05) is 24.0 Å². The van der Waals surface area contributed by atoms with Crippen LogP contribution in [0.1, 0.15) is 18.7 Å². The zero-order chi connectivity index (χ0) is 12.5. The summed E-state index contributed by atoms with van der Waals surface area (Å²) in [6, 6.07) is 0.392. The van der Waals surface area contributed by atoms with Crippen molar-refractivity contribution in [1.29, 1.82) is 0 Å². The Labute approximate surface area is 103 Å². The fourth-order valence-electron chi connectivity index (χ4n) is 1.84. The summed E-state index contributed by atoms with van der Waals surface area (Å²) in [7, 11) is 3.75. The third kappa shape index (κ3) is 5.30. The molecule has 3 N–H and O–H groups in total. The Morgan fingerprint density at radius 1 is 1.59 bits per heavy atom. The Hall–Kier alpha value is -0.910. The lowest BCUT2D eigenvalue weighted by Gasteiger charge is -2.17. The highest BCUT2D eigenvalue weighted by atomic mass is 16.5. The standard InChI is InChI=1S/C12H24N4O/c1-16-9-8-15-12(16)5-7-14-11(10-17-2)4-3-6-13/h8-9,11,14H,3-7,10,13H2,1-2H3. The molecule has 0 fully saturated rings. The molecule has 5 nitrogen and oxygen atoms in total. The predicted molar refractivity (Wildman–Crippen MR) is 68.9 cm³/mol. The fraction of sp³-hybridized carbons (Fsp3) is 0.750. The van der Waals surface area contributed by atoms with Crippen LogP contribution < -0.4 is 11.1 Å². The zero-order valence-electron chi connectivity index (χ0n) is 10.9. The topological polar surface area (TPSA) is 65.1 Å². The van der Waals surface area contributed by atoms with Crippen molar-refractivity contribution in [2.75, 3.05) is 26.8 Å². The second-order valence-corrected chi connectivity index (χ2v) is 4.24. The van der Waals surface area contributed by atoms with Gasteiger partial charge in [0.15, 0.2) is 0 Å². The lowest BCUT2D eigenvalue weighted by molar-refractivity contribution is 0.162. The summed E-state index contributed by atoms with van der Waals surface area (Å²) >= 11 is 0. The summed E-state index contributed by atoms with van der Waals surface area (Å²) < 4.78 is 7.24. The quantitative estimate of drug-likeness (QED) is 0.652. The lowest BCUT2D eigenvalue weighted by Crippen LogP contribution is -2.35. The van der Waals surface area contributed by atoms with Crippen molar-refractivity contribution in [3.8, 4) is 0 Å². The van der Waals surface area contributed by atoms with Crippen LogP contribution in [-0.4, -0.2) is 42.4 Å². The minimum atomic E-state index is 0.392. The molecular weight excluding hydrogens is 216 g/mol. The summed E-state index contributed by atoms with van der Waals surface area (Å²) in [4.78, 5) is 4.29. The lowest BCUT2D eigenvalue weighted by atomic mass is 10.1. The molecule has 1 unspecified atom stereocenters. The summed E-state index contributed by atoms with van der Waals surface area (Å²) in [6.45, 7) is 2.39. The molecule has 0 saturated heterocycles. The van der Waals surface area contributed by atoms with Gasteiger partial charge in [0.05, 0.1) is 6.61 Å². The summed E-state index contributed by atoms with van der Waals surface area (Å²) in [5, 5.41) is 3.49. The van der Waals surface area contributed by atoms with E-state index in [0.29, 0.717) is 6.04 Å². The van der Waals surface area contributed by atoms with E-state index < -0.39 is 0 Å². The first-order valence-corrected chi connectivity index (χ1v) is 6.16. The van der Waals surface area contributed by atoms with Crippen molar-refractivity contribution < 1.29 is 4.74 Å². The summed E-state index contributed by atoms with van der Waals surface area (Å²) in [5.41, 5.74) is 5.52. The molecule has 1 rings (SSSR count). The average Bonchev–Trinajstić information content (AvgIpc) is 2.72. The SMILES string of the molecule is COCC(CCCN)NCCc1nccn1C. The second kappa shape index (κ2) is 8.22. The second-order valence-electron chi connectivity index (χ2n) is 4.24. The number of methoxy groups -OCH3 is 1. The predicted octanol–water partition coefficient (Wildman–Crippen LogP) is 0.306. The van der Waals surface area contributed by atoms with E-state index in [1.54, 1.807) is 7.11 Å². The van der Waals surface area contributed by atoms with Gasteiger partial charge >= 0.3 is 0 Å². The van der Waals surface area contributed by atoms with Gasteiger partial charge in [0.2, 0.25) is 0 Å². The van der Waals surface area contributed by atoms with Gasteiger partial charge in [0, 0.05) is 45.6 Å². The number of ether oxygens (including phenoxy) is 1. The first-order chi connectivity index (χ1) is 8.27. The Balaban J connectivity index is 2.24. The van der Waals surface area contributed by atoms with E-state index in [1.165, 1.54) is 0 Å². The van der Waals surface area contributed by atoms with Gasteiger partial charge in [0.1, 0.15) is 5.82 Å². The van der Waals surface area contributed by atoms with Gasteiger partial charge in [-0.3, -0.25) is 0 Å². The molecule has 5 heteroatoms. The molecule has 0 aliphatic heterocycles. The van der Waals surface area contributed by atoms with Gasteiger partial charge < -0.3 is 20.4 Å². The van der Waals surface area contributed by atoms with Crippen LogP contribution >= 0.6 is 0 Å². The molecule has 0 spiro atoms. The summed E-state index contributed by atoms with van der Waals surface area (Å²) in [6.07, 6.45) is 6.83. The van der Waals surface area contributed by atoms with Crippen molar-refractivity contribution >= 4 is 0 Å². The van der Waals surface area contributed by atoms with E-state index in [0.717, 1.165) is 44.8 Å². The van der Waals surface area contributed by atoms with Crippen LogP contribution in [0.5, 0.6) is 0 Å². The largest absolute Gasteiger partial charge is 0.383 e. The van der Waals surface area contributed by atoms with Crippen LogP contribution in [0.15, 0.2) is 12.4 Å². The van der Waals surface area contributed by atoms with Crippen LogP contribution in [-0.2, 0) is 18.2 Å². The van der Waals surface area contributed by atoms with Crippen molar-refractivity contribution in [1.82, 2.24) is 14.9 Å². The maximum atomic E-state index is 5.52. The molecule has 0 radical (unpaired) electrons. The molecule has 0 aliphatic rings. The number of nitrogens with one attached hydrogen (secondary N) is 1. The van der Waals surface area contributed by atoms with E-state index in [-0.39, 0.29) is 0 Å². The molecular formula is C12H24N4O. The number of nitrogens with two attached hydrogens (primary N) is 1. The van der Waals surface area contributed by atoms with Crippen molar-refractivity contribution in [3.63, 3.8) is 0 Å². The van der Waals surface area contributed by atoms with Crippen molar-refractivity contribution in [3.05, 3.63) is 18.2 Å². The first kappa shape index (κ1) is 14.2. The Morgan fingerprint density at radius 3 is 3.00 bits per heavy atom. The van der Waals surface area contributed by atoms with Crippen LogP contribution in [0.4, 0.5) is 0 Å². The average molecular weight is 240 g/mol.